The topological polar surface area (TPSA) is 33.5 Å². The molecule has 0 fully saturated rings. The van der Waals surface area contributed by atoms with Gasteiger partial charge in [0.1, 0.15) is 0 Å². The standard InChI is InChI=1S/C23H32N2O.BrH/c1-4-25(5-2)19-18-23(17-16-22(26)24-3,20-12-8-6-9-13-20)21-14-10-7-11-15-21;/h6-15H,4-5,16-19H2,1-3H3,(H,24,26);1H. The predicted octanol–water partition coefficient (Wildman–Crippen LogP) is -0.182. The van der Waals surface area contributed by atoms with E-state index in [0.29, 0.717) is 6.42 Å². The fraction of sp³-hybridized carbons (Fsp3) is 0.435. The highest BCUT2D eigenvalue weighted by Gasteiger charge is 2.35. The van der Waals surface area contributed by atoms with Gasteiger partial charge in [0.15, 0.2) is 0 Å². The second-order valence-corrected chi connectivity index (χ2v) is 6.94. The van der Waals surface area contributed by atoms with E-state index >= 15 is 0 Å². The second-order valence-electron chi connectivity index (χ2n) is 6.94. The van der Waals surface area contributed by atoms with Gasteiger partial charge < -0.3 is 27.2 Å². The Balaban J connectivity index is 0.00000364. The van der Waals surface area contributed by atoms with E-state index in [0.717, 1.165) is 32.5 Å². The molecule has 0 saturated carbocycles. The fourth-order valence-corrected chi connectivity index (χ4v) is 3.83. The first-order valence-electron chi connectivity index (χ1n) is 9.81. The van der Waals surface area contributed by atoms with Gasteiger partial charge in [0, 0.05) is 25.3 Å². The van der Waals surface area contributed by atoms with Gasteiger partial charge in [0.05, 0.1) is 19.6 Å². The lowest BCUT2D eigenvalue weighted by molar-refractivity contribution is -0.897. The SMILES string of the molecule is CC[NH+](CC)CCC(CCC(=O)NC)(c1ccccc1)c1ccccc1.[Br-]. The molecule has 0 heterocycles. The van der Waals surface area contributed by atoms with Crippen molar-refractivity contribution < 1.29 is 26.7 Å². The van der Waals surface area contributed by atoms with Crippen LogP contribution >= 0.6 is 0 Å². The van der Waals surface area contributed by atoms with E-state index in [1.54, 1.807) is 11.9 Å². The number of quaternary nitrogens is 1. The zero-order chi connectivity index (χ0) is 18.8. The summed E-state index contributed by atoms with van der Waals surface area (Å²) in [5.74, 6) is 0.108. The number of hydrogen-bond acceptors (Lipinski definition) is 1. The third-order valence-corrected chi connectivity index (χ3v) is 5.62. The Morgan fingerprint density at radius 2 is 1.37 bits per heavy atom. The first-order valence-corrected chi connectivity index (χ1v) is 9.81. The molecular weight excluding hydrogens is 400 g/mol. The van der Waals surface area contributed by atoms with Gasteiger partial charge in [-0.25, -0.2) is 0 Å². The average molecular weight is 433 g/mol. The number of carbonyl (C=O) groups is 1. The van der Waals surface area contributed by atoms with E-state index in [1.165, 1.54) is 11.1 Å². The van der Waals surface area contributed by atoms with Gasteiger partial charge in [0.2, 0.25) is 5.91 Å². The van der Waals surface area contributed by atoms with E-state index in [1.807, 2.05) is 0 Å². The fourth-order valence-electron chi connectivity index (χ4n) is 3.83. The predicted molar refractivity (Wildman–Crippen MR) is 108 cm³/mol. The largest absolute Gasteiger partial charge is 1.00 e. The summed E-state index contributed by atoms with van der Waals surface area (Å²) < 4.78 is 0. The maximum atomic E-state index is 12.1. The Morgan fingerprint density at radius 1 is 0.889 bits per heavy atom. The van der Waals surface area contributed by atoms with Crippen molar-refractivity contribution in [1.29, 1.82) is 0 Å². The second kappa shape index (κ2) is 11.9. The van der Waals surface area contributed by atoms with Crippen LogP contribution < -0.4 is 27.2 Å². The molecule has 2 aromatic carbocycles. The van der Waals surface area contributed by atoms with E-state index in [2.05, 4.69) is 79.8 Å². The van der Waals surface area contributed by atoms with Crippen molar-refractivity contribution in [3.05, 3.63) is 71.8 Å². The summed E-state index contributed by atoms with van der Waals surface area (Å²) in [4.78, 5) is 13.7. The van der Waals surface area contributed by atoms with Gasteiger partial charge in [-0.15, -0.1) is 0 Å². The Hall–Kier alpha value is -1.65. The number of halogens is 1. The average Bonchev–Trinajstić information content (AvgIpc) is 2.72. The Morgan fingerprint density at radius 3 is 1.78 bits per heavy atom. The monoisotopic (exact) mass is 432 g/mol. The first kappa shape index (κ1) is 23.4. The van der Waals surface area contributed by atoms with Crippen LogP contribution in [0.15, 0.2) is 60.7 Å². The quantitative estimate of drug-likeness (QED) is 0.536. The maximum absolute atomic E-state index is 12.1. The number of rotatable bonds is 10. The molecule has 0 aromatic heterocycles. The minimum Gasteiger partial charge on any atom is -1.00 e. The van der Waals surface area contributed by atoms with Crippen molar-refractivity contribution in [2.45, 2.75) is 38.5 Å². The molecule has 2 rings (SSSR count). The number of carbonyl (C=O) groups excluding carboxylic acids is 1. The van der Waals surface area contributed by atoms with Crippen molar-refractivity contribution >= 4 is 5.91 Å². The molecule has 4 heteroatoms. The lowest BCUT2D eigenvalue weighted by Gasteiger charge is -2.36. The summed E-state index contributed by atoms with van der Waals surface area (Å²) in [6, 6.07) is 21.4. The van der Waals surface area contributed by atoms with Gasteiger partial charge in [-0.05, 0) is 31.4 Å². The zero-order valence-electron chi connectivity index (χ0n) is 16.8. The zero-order valence-corrected chi connectivity index (χ0v) is 18.4. The summed E-state index contributed by atoms with van der Waals surface area (Å²) >= 11 is 0. The highest BCUT2D eigenvalue weighted by molar-refractivity contribution is 5.75. The molecule has 2 N–H and O–H groups in total. The Bertz CT molecular complexity index is 617. The van der Waals surface area contributed by atoms with Crippen LogP contribution in [-0.4, -0.2) is 32.6 Å². The molecule has 148 valence electrons. The van der Waals surface area contributed by atoms with Crippen LogP contribution in [0, 0.1) is 0 Å². The Kier molecular flexibility index (Phi) is 10.3. The molecule has 0 saturated heterocycles. The van der Waals surface area contributed by atoms with E-state index in [9.17, 15) is 4.79 Å². The summed E-state index contributed by atoms with van der Waals surface area (Å²) in [7, 11) is 1.72. The summed E-state index contributed by atoms with van der Waals surface area (Å²) in [5.41, 5.74) is 2.48. The smallest absolute Gasteiger partial charge is 0.219 e. The lowest BCUT2D eigenvalue weighted by Crippen LogP contribution is -3.11. The Labute approximate surface area is 174 Å². The molecule has 0 aliphatic heterocycles. The van der Waals surface area contributed by atoms with E-state index in [-0.39, 0.29) is 28.3 Å². The van der Waals surface area contributed by atoms with Gasteiger partial charge in [-0.1, -0.05) is 60.7 Å². The lowest BCUT2D eigenvalue weighted by atomic mass is 9.69. The van der Waals surface area contributed by atoms with Gasteiger partial charge in [0.25, 0.3) is 0 Å². The van der Waals surface area contributed by atoms with Gasteiger partial charge in [-0.2, -0.15) is 0 Å². The number of amides is 1. The van der Waals surface area contributed by atoms with Crippen molar-refractivity contribution in [2.75, 3.05) is 26.7 Å². The van der Waals surface area contributed by atoms with Gasteiger partial charge >= 0.3 is 0 Å². The van der Waals surface area contributed by atoms with Crippen LogP contribution in [-0.2, 0) is 10.2 Å². The number of nitrogens with one attached hydrogen (secondary N) is 2. The minimum atomic E-state index is -0.134. The van der Waals surface area contributed by atoms with Crippen LogP contribution in [0.5, 0.6) is 0 Å². The van der Waals surface area contributed by atoms with E-state index < -0.39 is 0 Å². The molecule has 0 aliphatic carbocycles. The molecule has 27 heavy (non-hydrogen) atoms. The van der Waals surface area contributed by atoms with Gasteiger partial charge in [-0.3, -0.25) is 4.79 Å². The molecule has 0 bridgehead atoms. The van der Waals surface area contributed by atoms with Crippen molar-refractivity contribution in [2.24, 2.45) is 0 Å². The van der Waals surface area contributed by atoms with Crippen LogP contribution in [0.1, 0.15) is 44.2 Å². The summed E-state index contributed by atoms with van der Waals surface area (Å²) in [6.07, 6.45) is 2.39. The normalized spacial score (nSPS) is 11.1. The van der Waals surface area contributed by atoms with Crippen LogP contribution in [0.3, 0.4) is 0 Å². The highest BCUT2D eigenvalue weighted by Crippen LogP contribution is 2.39. The van der Waals surface area contributed by atoms with E-state index in [4.69, 9.17) is 0 Å². The molecule has 0 aliphatic rings. The molecule has 3 nitrogen and oxygen atoms in total. The van der Waals surface area contributed by atoms with Crippen LogP contribution in [0.2, 0.25) is 0 Å². The molecule has 0 spiro atoms. The molecule has 0 radical (unpaired) electrons. The third kappa shape index (κ3) is 6.18. The number of hydrogen-bond donors (Lipinski definition) is 2. The van der Waals surface area contributed by atoms with Crippen molar-refractivity contribution in [3.63, 3.8) is 0 Å². The molecule has 0 unspecified atom stereocenters. The van der Waals surface area contributed by atoms with Crippen LogP contribution in [0.25, 0.3) is 0 Å². The first-order chi connectivity index (χ1) is 12.7. The molecule has 0 atom stereocenters. The highest BCUT2D eigenvalue weighted by atomic mass is 79.9. The molecule has 1 amide bonds. The third-order valence-electron chi connectivity index (χ3n) is 5.62. The number of benzene rings is 2. The summed E-state index contributed by atoms with van der Waals surface area (Å²) in [5, 5.41) is 2.78. The van der Waals surface area contributed by atoms with Crippen molar-refractivity contribution in [3.8, 4) is 0 Å². The van der Waals surface area contributed by atoms with Crippen LogP contribution in [0.4, 0.5) is 0 Å². The maximum Gasteiger partial charge on any atom is 0.219 e. The minimum absolute atomic E-state index is 0. The molecule has 2 aromatic rings. The molecular formula is C23H33BrN2O. The van der Waals surface area contributed by atoms with Crippen molar-refractivity contribution in [1.82, 2.24) is 5.32 Å². The summed E-state index contributed by atoms with van der Waals surface area (Å²) in [6.45, 7) is 7.86.